The Bertz CT molecular complexity index is 438. The van der Waals surface area contributed by atoms with Crippen LogP contribution in [0.2, 0.25) is 0 Å². The second-order valence-corrected chi connectivity index (χ2v) is 6.31. The molecule has 0 fully saturated rings. The Morgan fingerprint density at radius 1 is 1.39 bits per heavy atom. The Labute approximate surface area is 117 Å². The fraction of sp³-hybridized carbons (Fsp3) is 0.500. The first kappa shape index (κ1) is 15.2. The monoisotopic (exact) mass is 313 g/mol. The van der Waals surface area contributed by atoms with Gasteiger partial charge in [0.05, 0.1) is 19.2 Å². The molecule has 0 saturated carbocycles. The van der Waals surface area contributed by atoms with Gasteiger partial charge in [-0.2, -0.15) is 0 Å². The average molecular weight is 314 g/mol. The number of hydroxylamine groups is 2. The van der Waals surface area contributed by atoms with E-state index >= 15 is 0 Å². The van der Waals surface area contributed by atoms with Crippen LogP contribution in [0, 0.1) is 12.3 Å². The number of hydrogen-bond donors (Lipinski definition) is 0. The SMILES string of the molecule is CON(CC(C)(C)C)C(=O)c1cccc(C)c1Br. The van der Waals surface area contributed by atoms with Crippen LogP contribution >= 0.6 is 15.9 Å². The normalized spacial score (nSPS) is 11.4. The molecule has 0 aliphatic carbocycles. The largest absolute Gasteiger partial charge is 0.278 e. The van der Waals surface area contributed by atoms with E-state index in [9.17, 15) is 4.79 Å². The molecule has 4 heteroatoms. The topological polar surface area (TPSA) is 29.5 Å². The lowest BCUT2D eigenvalue weighted by Gasteiger charge is -2.28. The number of halogens is 1. The molecule has 1 amide bonds. The molecule has 0 bridgehead atoms. The summed E-state index contributed by atoms with van der Waals surface area (Å²) in [6.07, 6.45) is 0. The van der Waals surface area contributed by atoms with Crippen LogP contribution in [0.1, 0.15) is 36.7 Å². The van der Waals surface area contributed by atoms with Crippen LogP contribution in [-0.2, 0) is 4.84 Å². The molecule has 0 N–H and O–H groups in total. The first-order chi connectivity index (χ1) is 8.26. The Kier molecular flexibility index (Phi) is 4.93. The number of carbonyl (C=O) groups is 1. The highest BCUT2D eigenvalue weighted by atomic mass is 79.9. The predicted octanol–water partition coefficient (Wildman–Crippen LogP) is 3.81. The molecule has 0 aromatic heterocycles. The number of nitrogens with zero attached hydrogens (tertiary/aromatic N) is 1. The lowest BCUT2D eigenvalue weighted by atomic mass is 9.96. The van der Waals surface area contributed by atoms with Crippen LogP contribution in [-0.4, -0.2) is 24.6 Å². The van der Waals surface area contributed by atoms with Crippen LogP contribution in [0.15, 0.2) is 22.7 Å². The fourth-order valence-corrected chi connectivity index (χ4v) is 2.03. The summed E-state index contributed by atoms with van der Waals surface area (Å²) < 4.78 is 0.825. The van der Waals surface area contributed by atoms with Crippen LogP contribution in [0.3, 0.4) is 0 Å². The van der Waals surface area contributed by atoms with Crippen molar-refractivity contribution in [2.24, 2.45) is 5.41 Å². The second-order valence-electron chi connectivity index (χ2n) is 5.52. The molecule has 1 rings (SSSR count). The molecule has 0 radical (unpaired) electrons. The highest BCUT2D eigenvalue weighted by molar-refractivity contribution is 9.10. The van der Waals surface area contributed by atoms with Gasteiger partial charge in [-0.3, -0.25) is 9.63 Å². The van der Waals surface area contributed by atoms with Crippen molar-refractivity contribution >= 4 is 21.8 Å². The summed E-state index contributed by atoms with van der Waals surface area (Å²) in [5.74, 6) is -0.122. The van der Waals surface area contributed by atoms with E-state index in [0.717, 1.165) is 10.0 Å². The molecule has 3 nitrogen and oxygen atoms in total. The van der Waals surface area contributed by atoms with E-state index in [1.807, 2.05) is 19.1 Å². The van der Waals surface area contributed by atoms with E-state index in [4.69, 9.17) is 4.84 Å². The molecular weight excluding hydrogens is 294 g/mol. The van der Waals surface area contributed by atoms with E-state index in [1.54, 1.807) is 6.07 Å². The maximum Gasteiger partial charge on any atom is 0.278 e. The minimum Gasteiger partial charge on any atom is -0.274 e. The molecule has 1 aromatic rings. The molecule has 0 unspecified atom stereocenters. The Morgan fingerprint density at radius 3 is 2.50 bits per heavy atom. The highest BCUT2D eigenvalue weighted by Gasteiger charge is 2.24. The highest BCUT2D eigenvalue weighted by Crippen LogP contribution is 2.24. The molecular formula is C14H20BrNO2. The van der Waals surface area contributed by atoms with Crippen molar-refractivity contribution in [1.82, 2.24) is 5.06 Å². The van der Waals surface area contributed by atoms with Crippen LogP contribution < -0.4 is 0 Å². The van der Waals surface area contributed by atoms with Crippen molar-refractivity contribution in [3.63, 3.8) is 0 Å². The first-order valence-corrected chi connectivity index (χ1v) is 6.66. The van der Waals surface area contributed by atoms with Gasteiger partial charge in [-0.25, -0.2) is 5.06 Å². The van der Waals surface area contributed by atoms with Crippen molar-refractivity contribution in [2.75, 3.05) is 13.7 Å². The molecule has 0 spiro atoms. The van der Waals surface area contributed by atoms with Gasteiger partial charge in [-0.1, -0.05) is 32.9 Å². The molecule has 0 atom stereocenters. The van der Waals surface area contributed by atoms with E-state index in [2.05, 4.69) is 36.7 Å². The van der Waals surface area contributed by atoms with Gasteiger partial charge in [0.1, 0.15) is 0 Å². The zero-order chi connectivity index (χ0) is 13.9. The van der Waals surface area contributed by atoms with Crippen LogP contribution in [0.5, 0.6) is 0 Å². The summed E-state index contributed by atoms with van der Waals surface area (Å²) in [5.41, 5.74) is 1.65. The summed E-state index contributed by atoms with van der Waals surface area (Å²) in [4.78, 5) is 17.6. The van der Waals surface area contributed by atoms with E-state index < -0.39 is 0 Å². The zero-order valence-electron chi connectivity index (χ0n) is 11.6. The number of amides is 1. The molecule has 0 saturated heterocycles. The molecule has 0 aliphatic heterocycles. The van der Waals surface area contributed by atoms with Gasteiger partial charge in [0.25, 0.3) is 5.91 Å². The van der Waals surface area contributed by atoms with Gasteiger partial charge < -0.3 is 0 Å². The summed E-state index contributed by atoms with van der Waals surface area (Å²) in [7, 11) is 1.52. The van der Waals surface area contributed by atoms with Gasteiger partial charge in [-0.05, 0) is 39.9 Å². The summed E-state index contributed by atoms with van der Waals surface area (Å²) in [5, 5.41) is 1.40. The number of aryl methyl sites for hydroxylation is 1. The predicted molar refractivity (Wildman–Crippen MR) is 76.4 cm³/mol. The van der Waals surface area contributed by atoms with Crippen molar-refractivity contribution in [1.29, 1.82) is 0 Å². The Hall–Kier alpha value is -0.870. The van der Waals surface area contributed by atoms with Gasteiger partial charge in [-0.15, -0.1) is 0 Å². The summed E-state index contributed by atoms with van der Waals surface area (Å²) in [6.45, 7) is 8.71. The zero-order valence-corrected chi connectivity index (χ0v) is 13.2. The minimum atomic E-state index is -0.122. The van der Waals surface area contributed by atoms with Gasteiger partial charge in [0.2, 0.25) is 0 Å². The van der Waals surface area contributed by atoms with Gasteiger partial charge in [0, 0.05) is 4.47 Å². The number of carbonyl (C=O) groups excluding carboxylic acids is 1. The van der Waals surface area contributed by atoms with Gasteiger partial charge in [0.15, 0.2) is 0 Å². The van der Waals surface area contributed by atoms with Crippen molar-refractivity contribution < 1.29 is 9.63 Å². The maximum atomic E-state index is 12.4. The first-order valence-electron chi connectivity index (χ1n) is 5.87. The Morgan fingerprint density at radius 2 is 2.00 bits per heavy atom. The fourth-order valence-electron chi connectivity index (χ4n) is 1.60. The maximum absolute atomic E-state index is 12.4. The molecule has 18 heavy (non-hydrogen) atoms. The molecule has 0 aliphatic rings. The van der Waals surface area contributed by atoms with Crippen molar-refractivity contribution in [3.8, 4) is 0 Å². The standard InChI is InChI=1S/C14H20BrNO2/c1-10-7-6-8-11(12(10)15)13(17)16(18-5)9-14(2,3)4/h6-8H,9H2,1-5H3. The number of benzene rings is 1. The lowest BCUT2D eigenvalue weighted by Crippen LogP contribution is -2.37. The average Bonchev–Trinajstić information content (AvgIpc) is 2.27. The third-order valence-corrected chi connectivity index (χ3v) is 3.54. The van der Waals surface area contributed by atoms with Crippen molar-refractivity contribution in [3.05, 3.63) is 33.8 Å². The smallest absolute Gasteiger partial charge is 0.274 e. The van der Waals surface area contributed by atoms with E-state index in [1.165, 1.54) is 12.2 Å². The van der Waals surface area contributed by atoms with Crippen LogP contribution in [0.4, 0.5) is 0 Å². The summed E-state index contributed by atoms with van der Waals surface area (Å²) in [6, 6.07) is 5.63. The van der Waals surface area contributed by atoms with E-state index in [-0.39, 0.29) is 11.3 Å². The lowest BCUT2D eigenvalue weighted by molar-refractivity contribution is -0.110. The van der Waals surface area contributed by atoms with E-state index in [0.29, 0.717) is 12.1 Å². The number of rotatable bonds is 3. The summed E-state index contributed by atoms with van der Waals surface area (Å²) >= 11 is 3.45. The van der Waals surface area contributed by atoms with Gasteiger partial charge >= 0.3 is 0 Å². The third-order valence-electron chi connectivity index (χ3n) is 2.49. The third kappa shape index (κ3) is 3.82. The minimum absolute atomic E-state index is 0.0119. The number of hydrogen-bond acceptors (Lipinski definition) is 2. The van der Waals surface area contributed by atoms with Crippen LogP contribution in [0.25, 0.3) is 0 Å². The molecule has 100 valence electrons. The molecule has 1 aromatic carbocycles. The molecule has 0 heterocycles. The second kappa shape index (κ2) is 5.85. The quantitative estimate of drug-likeness (QED) is 0.794. The Balaban J connectivity index is 3.01. The van der Waals surface area contributed by atoms with Crippen molar-refractivity contribution in [2.45, 2.75) is 27.7 Å².